The number of H-pyrrole nitrogens is 1. The summed E-state index contributed by atoms with van der Waals surface area (Å²) in [4.78, 5) is 13.6. The maximum atomic E-state index is 11.0. The number of aromatic amines is 1. The van der Waals surface area contributed by atoms with Crippen LogP contribution in [0.15, 0.2) is 41.3 Å². The summed E-state index contributed by atoms with van der Waals surface area (Å²) < 4.78 is 7.46. The molecule has 18 heavy (non-hydrogen) atoms. The van der Waals surface area contributed by atoms with Crippen molar-refractivity contribution in [3.63, 3.8) is 0 Å². The van der Waals surface area contributed by atoms with E-state index in [1.807, 2.05) is 28.8 Å². The lowest BCUT2D eigenvalue weighted by atomic mass is 10.1. The van der Waals surface area contributed by atoms with Crippen molar-refractivity contribution in [1.29, 1.82) is 0 Å². The molecule has 0 aliphatic rings. The van der Waals surface area contributed by atoms with Crippen LogP contribution in [0.25, 0.3) is 0 Å². The Labute approximate surface area is 110 Å². The first kappa shape index (κ1) is 12.6. The molecule has 0 saturated heterocycles. The molecule has 0 unspecified atom stereocenters. The number of hydrogen-bond acceptors (Lipinski definition) is 3. The number of rotatable bonds is 4. The van der Waals surface area contributed by atoms with Crippen LogP contribution in [0.5, 0.6) is 5.75 Å². The topological polar surface area (TPSA) is 47.0 Å². The van der Waals surface area contributed by atoms with E-state index in [0.717, 1.165) is 18.7 Å². The molecule has 1 heterocycles. The Morgan fingerprint density at radius 2 is 2.22 bits per heavy atom. The number of hydrogen-bond donors (Lipinski definition) is 1. The summed E-state index contributed by atoms with van der Waals surface area (Å²) in [5.74, 6) is 0.845. The van der Waals surface area contributed by atoms with Crippen LogP contribution in [0, 0.1) is 4.77 Å². The highest BCUT2D eigenvalue weighted by Crippen LogP contribution is 2.13. The molecule has 0 radical (unpaired) electrons. The highest BCUT2D eigenvalue weighted by atomic mass is 32.1. The molecule has 0 spiro atoms. The second kappa shape index (κ2) is 5.64. The van der Waals surface area contributed by atoms with Gasteiger partial charge in [0, 0.05) is 18.8 Å². The van der Waals surface area contributed by atoms with Crippen LogP contribution in [-0.2, 0) is 13.0 Å². The molecule has 0 atom stereocenters. The molecule has 0 amide bonds. The standard InChI is InChI=1S/C13H14N2O2S/c1-17-11-4-2-3-10(9-11)5-7-15-8-6-12(16)14-13(15)18/h2-4,6,8-9H,5,7H2,1H3,(H,14,16,18). The number of nitrogens with one attached hydrogen (secondary N) is 1. The predicted molar refractivity (Wildman–Crippen MR) is 72.6 cm³/mol. The molecule has 1 aromatic carbocycles. The third-order valence-electron chi connectivity index (χ3n) is 2.67. The van der Waals surface area contributed by atoms with E-state index in [2.05, 4.69) is 4.98 Å². The monoisotopic (exact) mass is 262 g/mol. The summed E-state index contributed by atoms with van der Waals surface area (Å²) in [6, 6.07) is 9.38. The van der Waals surface area contributed by atoms with Crippen molar-refractivity contribution in [2.45, 2.75) is 13.0 Å². The Hall–Kier alpha value is -1.88. The summed E-state index contributed by atoms with van der Waals surface area (Å²) in [6.07, 6.45) is 2.54. The van der Waals surface area contributed by atoms with Gasteiger partial charge in [-0.15, -0.1) is 0 Å². The first-order valence-electron chi connectivity index (χ1n) is 5.62. The molecule has 5 heteroatoms. The molecule has 0 saturated carbocycles. The first-order valence-corrected chi connectivity index (χ1v) is 6.02. The van der Waals surface area contributed by atoms with E-state index in [9.17, 15) is 4.79 Å². The van der Waals surface area contributed by atoms with Crippen molar-refractivity contribution in [3.05, 3.63) is 57.2 Å². The van der Waals surface area contributed by atoms with E-state index in [-0.39, 0.29) is 5.56 Å². The third-order valence-corrected chi connectivity index (χ3v) is 3.01. The Balaban J connectivity index is 2.11. The van der Waals surface area contributed by atoms with Crippen LogP contribution < -0.4 is 10.3 Å². The third kappa shape index (κ3) is 3.07. The fourth-order valence-electron chi connectivity index (χ4n) is 1.70. The highest BCUT2D eigenvalue weighted by molar-refractivity contribution is 7.71. The molecule has 0 bridgehead atoms. The molecular weight excluding hydrogens is 248 g/mol. The second-order valence-corrected chi connectivity index (χ2v) is 4.29. The molecule has 0 fully saturated rings. The number of aryl methyl sites for hydroxylation is 2. The van der Waals surface area contributed by atoms with Gasteiger partial charge in [-0.3, -0.25) is 9.78 Å². The Bertz CT molecular complexity index is 646. The second-order valence-electron chi connectivity index (χ2n) is 3.91. The minimum Gasteiger partial charge on any atom is -0.497 e. The SMILES string of the molecule is COc1cccc(CCn2ccc(=O)[nH]c2=S)c1. The largest absolute Gasteiger partial charge is 0.497 e. The van der Waals surface area contributed by atoms with Crippen molar-refractivity contribution in [3.8, 4) is 5.75 Å². The number of methoxy groups -OCH3 is 1. The molecule has 94 valence electrons. The molecule has 1 N–H and O–H groups in total. The smallest absolute Gasteiger partial charge is 0.251 e. The van der Waals surface area contributed by atoms with Gasteiger partial charge in [0.2, 0.25) is 0 Å². The maximum Gasteiger partial charge on any atom is 0.251 e. The lowest BCUT2D eigenvalue weighted by Crippen LogP contribution is -2.12. The molecule has 2 rings (SSSR count). The summed E-state index contributed by atoms with van der Waals surface area (Å²) in [5.41, 5.74) is 1.00. The fourth-order valence-corrected chi connectivity index (χ4v) is 1.95. The van der Waals surface area contributed by atoms with Gasteiger partial charge in [0.05, 0.1) is 7.11 Å². The fraction of sp³-hybridized carbons (Fsp3) is 0.231. The van der Waals surface area contributed by atoms with E-state index in [0.29, 0.717) is 4.77 Å². The zero-order chi connectivity index (χ0) is 13.0. The van der Waals surface area contributed by atoms with Gasteiger partial charge >= 0.3 is 0 Å². The van der Waals surface area contributed by atoms with Gasteiger partial charge in [0.15, 0.2) is 4.77 Å². The van der Waals surface area contributed by atoms with Crippen molar-refractivity contribution >= 4 is 12.2 Å². The molecule has 0 aliphatic heterocycles. The quantitative estimate of drug-likeness (QED) is 0.859. The highest BCUT2D eigenvalue weighted by Gasteiger charge is 1.98. The molecule has 0 aliphatic carbocycles. The first-order chi connectivity index (χ1) is 8.69. The van der Waals surface area contributed by atoms with Crippen molar-refractivity contribution in [1.82, 2.24) is 9.55 Å². The Kier molecular flexibility index (Phi) is 3.94. The zero-order valence-corrected chi connectivity index (χ0v) is 10.9. The summed E-state index contributed by atoms with van der Waals surface area (Å²) >= 11 is 5.09. The van der Waals surface area contributed by atoms with E-state index in [4.69, 9.17) is 17.0 Å². The lowest BCUT2D eigenvalue weighted by molar-refractivity contribution is 0.414. The Morgan fingerprint density at radius 1 is 1.39 bits per heavy atom. The minimum absolute atomic E-state index is 0.169. The minimum atomic E-state index is -0.169. The zero-order valence-electron chi connectivity index (χ0n) is 10.1. The molecular formula is C13H14N2O2S. The van der Waals surface area contributed by atoms with E-state index >= 15 is 0 Å². The molecule has 4 nitrogen and oxygen atoms in total. The average molecular weight is 262 g/mol. The van der Waals surface area contributed by atoms with Crippen LogP contribution in [0.3, 0.4) is 0 Å². The lowest BCUT2D eigenvalue weighted by Gasteiger charge is -2.07. The van der Waals surface area contributed by atoms with E-state index in [1.165, 1.54) is 11.6 Å². The van der Waals surface area contributed by atoms with Crippen LogP contribution >= 0.6 is 12.2 Å². The van der Waals surface area contributed by atoms with Gasteiger partial charge < -0.3 is 9.30 Å². The maximum absolute atomic E-state index is 11.0. The molecule has 2 aromatic rings. The van der Waals surface area contributed by atoms with Crippen molar-refractivity contribution < 1.29 is 4.74 Å². The van der Waals surface area contributed by atoms with Gasteiger partial charge in [-0.2, -0.15) is 0 Å². The molecule has 1 aromatic heterocycles. The average Bonchev–Trinajstić information content (AvgIpc) is 2.38. The Morgan fingerprint density at radius 3 is 2.94 bits per heavy atom. The van der Waals surface area contributed by atoms with Crippen LogP contribution in [0.4, 0.5) is 0 Å². The van der Waals surface area contributed by atoms with Crippen LogP contribution in [-0.4, -0.2) is 16.7 Å². The van der Waals surface area contributed by atoms with Gasteiger partial charge in [0.25, 0.3) is 5.56 Å². The van der Waals surface area contributed by atoms with Gasteiger partial charge in [-0.05, 0) is 36.3 Å². The normalized spacial score (nSPS) is 10.3. The van der Waals surface area contributed by atoms with Gasteiger partial charge in [-0.1, -0.05) is 12.1 Å². The van der Waals surface area contributed by atoms with Gasteiger partial charge in [0.1, 0.15) is 5.75 Å². The summed E-state index contributed by atoms with van der Waals surface area (Å²) in [5, 5.41) is 0. The van der Waals surface area contributed by atoms with Crippen LogP contribution in [0.2, 0.25) is 0 Å². The van der Waals surface area contributed by atoms with Crippen LogP contribution in [0.1, 0.15) is 5.56 Å². The number of benzene rings is 1. The number of nitrogens with zero attached hydrogens (tertiary/aromatic N) is 1. The number of aromatic nitrogens is 2. The van der Waals surface area contributed by atoms with Crippen molar-refractivity contribution in [2.24, 2.45) is 0 Å². The van der Waals surface area contributed by atoms with Gasteiger partial charge in [-0.25, -0.2) is 0 Å². The van der Waals surface area contributed by atoms with E-state index < -0.39 is 0 Å². The van der Waals surface area contributed by atoms with E-state index in [1.54, 1.807) is 13.3 Å². The predicted octanol–water partition coefficient (Wildman–Crippen LogP) is 2.16. The van der Waals surface area contributed by atoms with Crippen molar-refractivity contribution in [2.75, 3.05) is 7.11 Å². The summed E-state index contributed by atoms with van der Waals surface area (Å²) in [7, 11) is 1.65. The summed E-state index contributed by atoms with van der Waals surface area (Å²) in [6.45, 7) is 0.725. The number of ether oxygens (including phenoxy) is 1.